The molecule has 22 heavy (non-hydrogen) atoms. The Balaban J connectivity index is 1.83. The minimum absolute atomic E-state index is 1.00. The lowest BCUT2D eigenvalue weighted by Gasteiger charge is -2.09. The van der Waals surface area contributed by atoms with Gasteiger partial charge in [-0.3, -0.25) is 0 Å². The van der Waals surface area contributed by atoms with Gasteiger partial charge in [0, 0.05) is 0 Å². The molecule has 0 fully saturated rings. The highest BCUT2D eigenvalue weighted by Gasteiger charge is 2.21. The SMILES string of the molecule is c1ccc(CC2=C(c3ccccc3)Cc3ccccc32)cc1. The van der Waals surface area contributed by atoms with Crippen molar-refractivity contribution in [2.75, 3.05) is 0 Å². The van der Waals surface area contributed by atoms with Gasteiger partial charge < -0.3 is 0 Å². The maximum absolute atomic E-state index is 2.27. The first-order valence-electron chi connectivity index (χ1n) is 7.81. The molecule has 0 atom stereocenters. The smallest absolute Gasteiger partial charge is 0.00107 e. The second kappa shape index (κ2) is 5.65. The molecule has 0 aliphatic heterocycles. The van der Waals surface area contributed by atoms with Crippen molar-refractivity contribution in [2.45, 2.75) is 12.8 Å². The third-order valence-corrected chi connectivity index (χ3v) is 4.42. The molecule has 0 heterocycles. The summed E-state index contributed by atoms with van der Waals surface area (Å²) in [6, 6.07) is 30.4. The van der Waals surface area contributed by atoms with Crippen molar-refractivity contribution in [1.82, 2.24) is 0 Å². The van der Waals surface area contributed by atoms with Crippen LogP contribution in [0.5, 0.6) is 0 Å². The lowest BCUT2D eigenvalue weighted by molar-refractivity contribution is 1.29. The summed E-state index contributed by atoms with van der Waals surface area (Å²) >= 11 is 0. The molecule has 0 unspecified atom stereocenters. The van der Waals surface area contributed by atoms with Gasteiger partial charge in [0.15, 0.2) is 0 Å². The molecule has 106 valence electrons. The Hall–Kier alpha value is -2.60. The number of hydrogen-bond donors (Lipinski definition) is 0. The Morgan fingerprint density at radius 2 is 1.27 bits per heavy atom. The van der Waals surface area contributed by atoms with E-state index in [9.17, 15) is 0 Å². The summed E-state index contributed by atoms with van der Waals surface area (Å²) in [6.45, 7) is 0. The van der Waals surface area contributed by atoms with Crippen LogP contribution in [0, 0.1) is 0 Å². The summed E-state index contributed by atoms with van der Waals surface area (Å²) in [4.78, 5) is 0. The molecule has 4 rings (SSSR count). The van der Waals surface area contributed by atoms with Gasteiger partial charge in [0.25, 0.3) is 0 Å². The summed E-state index contributed by atoms with van der Waals surface area (Å²) in [5.41, 5.74) is 8.56. The van der Waals surface area contributed by atoms with E-state index in [0.717, 1.165) is 12.8 Å². The van der Waals surface area contributed by atoms with Crippen molar-refractivity contribution < 1.29 is 0 Å². The number of fused-ring (bicyclic) bond motifs is 1. The van der Waals surface area contributed by atoms with E-state index in [2.05, 4.69) is 84.9 Å². The summed E-state index contributed by atoms with van der Waals surface area (Å²) in [6.07, 6.45) is 2.05. The second-order valence-corrected chi connectivity index (χ2v) is 5.82. The van der Waals surface area contributed by atoms with E-state index in [1.54, 1.807) is 0 Å². The van der Waals surface area contributed by atoms with Crippen molar-refractivity contribution in [3.8, 4) is 0 Å². The molecule has 1 aliphatic carbocycles. The van der Waals surface area contributed by atoms with Crippen molar-refractivity contribution in [1.29, 1.82) is 0 Å². The third kappa shape index (κ3) is 2.37. The van der Waals surface area contributed by atoms with Crippen LogP contribution in [0.1, 0.15) is 22.3 Å². The average Bonchev–Trinajstić information content (AvgIpc) is 2.95. The van der Waals surface area contributed by atoms with Gasteiger partial charge in [-0.1, -0.05) is 84.9 Å². The zero-order valence-electron chi connectivity index (χ0n) is 12.5. The van der Waals surface area contributed by atoms with Crippen LogP contribution in [-0.4, -0.2) is 0 Å². The lowest BCUT2D eigenvalue weighted by atomic mass is 9.95. The highest BCUT2D eigenvalue weighted by Crippen LogP contribution is 2.39. The summed E-state index contributed by atoms with van der Waals surface area (Å²) < 4.78 is 0. The zero-order chi connectivity index (χ0) is 14.8. The molecule has 0 saturated heterocycles. The molecule has 3 aromatic carbocycles. The third-order valence-electron chi connectivity index (χ3n) is 4.42. The maximum atomic E-state index is 2.27. The molecule has 0 heteroatoms. The molecule has 1 aliphatic rings. The Bertz CT molecular complexity index is 811. The molecule has 0 aromatic heterocycles. The fourth-order valence-electron chi connectivity index (χ4n) is 3.35. The van der Waals surface area contributed by atoms with E-state index in [1.165, 1.54) is 33.4 Å². The van der Waals surface area contributed by atoms with Crippen LogP contribution in [0.15, 0.2) is 84.9 Å². The van der Waals surface area contributed by atoms with Crippen LogP contribution < -0.4 is 0 Å². The molecular weight excluding hydrogens is 264 g/mol. The molecule has 0 spiro atoms. The summed E-state index contributed by atoms with van der Waals surface area (Å²) in [7, 11) is 0. The van der Waals surface area contributed by atoms with Crippen LogP contribution in [0.4, 0.5) is 0 Å². The maximum Gasteiger partial charge on any atom is -0.00107 e. The molecule has 0 saturated carbocycles. The Morgan fingerprint density at radius 3 is 2.05 bits per heavy atom. The molecule has 0 nitrogen and oxygen atoms in total. The Labute approximate surface area is 131 Å². The van der Waals surface area contributed by atoms with Gasteiger partial charge in [0.05, 0.1) is 0 Å². The molecule has 0 bridgehead atoms. The van der Waals surface area contributed by atoms with Gasteiger partial charge in [-0.25, -0.2) is 0 Å². The van der Waals surface area contributed by atoms with E-state index in [0.29, 0.717) is 0 Å². The number of rotatable bonds is 3. The highest BCUT2D eigenvalue weighted by molar-refractivity contribution is 5.97. The molecule has 0 radical (unpaired) electrons. The minimum Gasteiger partial charge on any atom is -0.0622 e. The van der Waals surface area contributed by atoms with E-state index >= 15 is 0 Å². The topological polar surface area (TPSA) is 0 Å². The van der Waals surface area contributed by atoms with Crippen molar-refractivity contribution >= 4 is 11.1 Å². The molecule has 0 amide bonds. The first kappa shape index (κ1) is 13.1. The van der Waals surface area contributed by atoms with Crippen LogP contribution in [-0.2, 0) is 12.8 Å². The normalized spacial score (nSPS) is 13.3. The number of allylic oxidation sites excluding steroid dienone is 2. The lowest BCUT2D eigenvalue weighted by Crippen LogP contribution is -1.91. The summed E-state index contributed by atoms with van der Waals surface area (Å²) in [5.74, 6) is 0. The number of hydrogen-bond acceptors (Lipinski definition) is 0. The van der Waals surface area contributed by atoms with Crippen molar-refractivity contribution in [3.63, 3.8) is 0 Å². The Kier molecular flexibility index (Phi) is 3.36. The van der Waals surface area contributed by atoms with Gasteiger partial charge in [0.1, 0.15) is 0 Å². The second-order valence-electron chi connectivity index (χ2n) is 5.82. The molecule has 3 aromatic rings. The quantitative estimate of drug-likeness (QED) is 0.603. The first-order chi connectivity index (χ1) is 10.9. The van der Waals surface area contributed by atoms with Crippen molar-refractivity contribution in [3.05, 3.63) is 107 Å². The van der Waals surface area contributed by atoms with Crippen LogP contribution in [0.3, 0.4) is 0 Å². The largest absolute Gasteiger partial charge is 0.0622 e. The average molecular weight is 282 g/mol. The standard InChI is InChI=1S/C22H18/c1-3-9-17(10-4-1)15-22-20-14-8-7-13-19(20)16-21(22)18-11-5-2-6-12-18/h1-14H,15-16H2. The van der Waals surface area contributed by atoms with Gasteiger partial charge in [-0.2, -0.15) is 0 Å². The Morgan fingerprint density at radius 1 is 0.636 bits per heavy atom. The highest BCUT2D eigenvalue weighted by atomic mass is 14.3. The monoisotopic (exact) mass is 282 g/mol. The fraction of sp³-hybridized carbons (Fsp3) is 0.0909. The van der Waals surface area contributed by atoms with E-state index in [-0.39, 0.29) is 0 Å². The van der Waals surface area contributed by atoms with E-state index in [1.807, 2.05) is 0 Å². The van der Waals surface area contributed by atoms with Gasteiger partial charge in [-0.05, 0) is 46.2 Å². The van der Waals surface area contributed by atoms with E-state index < -0.39 is 0 Å². The van der Waals surface area contributed by atoms with Crippen LogP contribution in [0.2, 0.25) is 0 Å². The predicted molar refractivity (Wildman–Crippen MR) is 93.5 cm³/mol. The zero-order valence-corrected chi connectivity index (χ0v) is 12.5. The number of benzene rings is 3. The minimum atomic E-state index is 1.00. The van der Waals surface area contributed by atoms with Crippen molar-refractivity contribution in [2.24, 2.45) is 0 Å². The van der Waals surface area contributed by atoms with E-state index in [4.69, 9.17) is 0 Å². The summed E-state index contributed by atoms with van der Waals surface area (Å²) in [5, 5.41) is 0. The fourth-order valence-corrected chi connectivity index (χ4v) is 3.35. The van der Waals surface area contributed by atoms with Gasteiger partial charge in [0.2, 0.25) is 0 Å². The van der Waals surface area contributed by atoms with Gasteiger partial charge >= 0.3 is 0 Å². The molecule has 0 N–H and O–H groups in total. The van der Waals surface area contributed by atoms with Crippen LogP contribution >= 0.6 is 0 Å². The van der Waals surface area contributed by atoms with Gasteiger partial charge in [-0.15, -0.1) is 0 Å². The first-order valence-corrected chi connectivity index (χ1v) is 7.81. The molecular formula is C22H18. The van der Waals surface area contributed by atoms with Crippen LogP contribution in [0.25, 0.3) is 11.1 Å². The predicted octanol–water partition coefficient (Wildman–Crippen LogP) is 5.40.